The van der Waals surface area contributed by atoms with Crippen molar-refractivity contribution in [3.05, 3.63) is 0 Å². The van der Waals surface area contributed by atoms with Gasteiger partial charge in [0.15, 0.2) is 25.2 Å². The van der Waals surface area contributed by atoms with Gasteiger partial charge in [0.05, 0.1) is 32.5 Å². The Labute approximate surface area is 330 Å². The molecule has 28 heteroatoms. The van der Waals surface area contributed by atoms with E-state index in [1.165, 1.54) is 0 Å². The van der Waals surface area contributed by atoms with Crippen molar-refractivity contribution in [2.24, 2.45) is 5.73 Å². The fourth-order valence-electron chi connectivity index (χ4n) is 6.95. The van der Waals surface area contributed by atoms with Crippen LogP contribution in [0.3, 0.4) is 0 Å². The minimum absolute atomic E-state index is 0.757. The van der Waals surface area contributed by atoms with Crippen molar-refractivity contribution in [3.8, 4) is 0 Å². The van der Waals surface area contributed by atoms with Gasteiger partial charge in [-0.25, -0.2) is 4.18 Å². The van der Waals surface area contributed by atoms with E-state index in [0.717, 1.165) is 20.8 Å². The second kappa shape index (κ2) is 20.4. The van der Waals surface area contributed by atoms with E-state index in [9.17, 15) is 68.8 Å². The minimum atomic E-state index is -5.13. The van der Waals surface area contributed by atoms with E-state index in [2.05, 4.69) is 20.1 Å². The predicted molar refractivity (Wildman–Crippen MR) is 181 cm³/mol. The largest absolute Gasteiger partial charge is 0.397 e. The van der Waals surface area contributed by atoms with Gasteiger partial charge in [-0.1, -0.05) is 0 Å². The lowest BCUT2D eigenvalue weighted by Gasteiger charge is -2.50. The van der Waals surface area contributed by atoms with Crippen LogP contribution in [0, 0.1) is 0 Å². The normalized spacial score (nSPS) is 43.6. The molecular formula is C30H52N4O23S. The molecule has 0 spiro atoms. The topological polar surface area (TPSA) is 424 Å². The number of hydrogen-bond acceptors (Lipinski definition) is 23. The zero-order valence-corrected chi connectivity index (χ0v) is 32.0. The van der Waals surface area contributed by atoms with E-state index in [1.54, 1.807) is 0 Å². The molecule has 27 nitrogen and oxygen atoms in total. The van der Waals surface area contributed by atoms with Gasteiger partial charge in [-0.15, -0.1) is 0 Å². The maximum atomic E-state index is 12.4. The molecule has 20 atom stereocenters. The maximum absolute atomic E-state index is 12.4. The number of ether oxygens (including phenoxy) is 7. The molecule has 0 aliphatic carbocycles. The molecule has 4 aliphatic rings. The summed E-state index contributed by atoms with van der Waals surface area (Å²) in [5.74, 6) is -2.34. The van der Waals surface area contributed by atoms with Gasteiger partial charge in [-0.05, 0) is 0 Å². The van der Waals surface area contributed by atoms with Crippen molar-refractivity contribution in [3.63, 3.8) is 0 Å². The molecule has 0 aromatic heterocycles. The number of carbonyl (C=O) groups excluding carboxylic acids is 3. The molecule has 4 heterocycles. The Morgan fingerprint density at radius 3 is 1.36 bits per heavy atom. The Bertz CT molecular complexity index is 1500. The SMILES string of the molecule is CC(=O)N[C@H]1[C@H](O[C@H]2[C@H](O)[C@@H](NC(C)=O)[C@H](O[C@H]3[C@H](O)[C@@H](NC(C)=O)C(O)O[C@@H]3COS(=O)(=O)O)O[C@@H]2CO)O[C@H](CO)[C@@H](O[C@@H]2O[C@H](CO)[C@@H](O)[C@H](O)[C@H]2N)[C@@H]1O. The van der Waals surface area contributed by atoms with Gasteiger partial charge in [0, 0.05) is 20.8 Å². The van der Waals surface area contributed by atoms with E-state index >= 15 is 0 Å². The molecule has 336 valence electrons. The Kier molecular flexibility index (Phi) is 17.0. The minimum Gasteiger partial charge on any atom is -0.394 e. The summed E-state index contributed by atoms with van der Waals surface area (Å²) in [5, 5.41) is 103. The quantitative estimate of drug-likeness (QED) is 0.0680. The Balaban J connectivity index is 1.62. The lowest BCUT2D eigenvalue weighted by atomic mass is 9.93. The highest BCUT2D eigenvalue weighted by molar-refractivity contribution is 7.80. The molecule has 15 N–H and O–H groups in total. The molecule has 4 aliphatic heterocycles. The van der Waals surface area contributed by atoms with Gasteiger partial charge in [-0.2, -0.15) is 8.42 Å². The van der Waals surface area contributed by atoms with Crippen LogP contribution in [0.25, 0.3) is 0 Å². The second-order valence-corrected chi connectivity index (χ2v) is 15.1. The molecule has 0 bridgehead atoms. The summed E-state index contributed by atoms with van der Waals surface area (Å²) < 4.78 is 76.4. The molecule has 0 radical (unpaired) electrons. The summed E-state index contributed by atoms with van der Waals surface area (Å²) in [7, 11) is -5.13. The average molecular weight is 869 g/mol. The van der Waals surface area contributed by atoms with Gasteiger partial charge in [-0.3, -0.25) is 18.9 Å². The number of aliphatic hydroxyl groups excluding tert-OH is 9. The van der Waals surface area contributed by atoms with Crippen LogP contribution in [0.5, 0.6) is 0 Å². The van der Waals surface area contributed by atoms with Crippen molar-refractivity contribution < 1.29 is 111 Å². The van der Waals surface area contributed by atoms with Crippen LogP contribution in [0.15, 0.2) is 0 Å². The number of amides is 3. The molecular weight excluding hydrogens is 816 g/mol. The number of aliphatic hydroxyl groups is 9. The van der Waals surface area contributed by atoms with Gasteiger partial charge in [0.2, 0.25) is 17.7 Å². The van der Waals surface area contributed by atoms with Crippen LogP contribution in [-0.2, 0) is 62.1 Å². The molecule has 4 saturated heterocycles. The van der Waals surface area contributed by atoms with Crippen molar-refractivity contribution >= 4 is 28.1 Å². The zero-order valence-electron chi connectivity index (χ0n) is 31.1. The number of rotatable bonds is 15. The third-order valence-electron chi connectivity index (χ3n) is 9.69. The number of nitrogens with one attached hydrogen (secondary N) is 3. The smallest absolute Gasteiger partial charge is 0.394 e. The second-order valence-electron chi connectivity index (χ2n) is 14.0. The summed E-state index contributed by atoms with van der Waals surface area (Å²) in [4.78, 5) is 36.6. The number of nitrogens with two attached hydrogens (primary N) is 1. The predicted octanol–water partition coefficient (Wildman–Crippen LogP) is -9.52. The lowest BCUT2D eigenvalue weighted by Crippen LogP contribution is -2.71. The zero-order chi connectivity index (χ0) is 43.4. The van der Waals surface area contributed by atoms with Crippen molar-refractivity contribution in [2.45, 2.75) is 143 Å². The third kappa shape index (κ3) is 11.5. The van der Waals surface area contributed by atoms with Crippen molar-refractivity contribution in [2.75, 3.05) is 26.4 Å². The standard InChI is InChI=1S/C30H52N4O23S/c1-8(38)32-16-21(43)26(14(51-27(16)46)7-50-58(47,48)49)57-30-18(34-10(3)40)23(45)25(13(6-37)54-30)56-29-17(33-9(2)39)22(44)24(12(5-36)53-29)55-28-15(31)20(42)19(41)11(4-35)52-28/h11-30,35-37,41-46H,4-7,31H2,1-3H3,(H,32,38)(H,33,39)(H,34,40)(H,47,48,49)/t11-,12-,13-,14-,15-,16-,17-,18-,19-,20-,21-,22-,23-,24-,25-,26-,27?,28+,29+,30+/m1/s1. The van der Waals surface area contributed by atoms with Crippen molar-refractivity contribution in [1.82, 2.24) is 16.0 Å². The molecule has 0 aromatic rings. The van der Waals surface area contributed by atoms with Gasteiger partial charge >= 0.3 is 10.4 Å². The molecule has 3 amide bonds. The summed E-state index contributed by atoms with van der Waals surface area (Å²) in [5.41, 5.74) is 5.97. The third-order valence-corrected chi connectivity index (χ3v) is 10.1. The van der Waals surface area contributed by atoms with Crippen LogP contribution < -0.4 is 21.7 Å². The Hall–Kier alpha value is -2.40. The summed E-state index contributed by atoms with van der Waals surface area (Å²) in [6, 6.07) is -6.41. The first-order chi connectivity index (χ1) is 27.1. The fourth-order valence-corrected chi connectivity index (χ4v) is 7.26. The van der Waals surface area contributed by atoms with Crippen LogP contribution in [0.2, 0.25) is 0 Å². The maximum Gasteiger partial charge on any atom is 0.397 e. The number of hydrogen-bond donors (Lipinski definition) is 14. The first kappa shape index (κ1) is 48.3. The Morgan fingerprint density at radius 2 is 0.948 bits per heavy atom. The van der Waals surface area contributed by atoms with Gasteiger partial charge in [0.1, 0.15) is 91.4 Å². The molecule has 0 aromatic carbocycles. The number of carbonyl (C=O) groups is 3. The van der Waals surface area contributed by atoms with E-state index in [4.69, 9.17) is 43.4 Å². The molecule has 0 saturated carbocycles. The molecule has 4 fully saturated rings. The van der Waals surface area contributed by atoms with E-state index in [-0.39, 0.29) is 0 Å². The summed E-state index contributed by atoms with van der Waals surface area (Å²) >= 11 is 0. The van der Waals surface area contributed by atoms with Gasteiger partial charge < -0.3 is 101 Å². The molecule has 58 heavy (non-hydrogen) atoms. The molecule has 1 unspecified atom stereocenters. The Morgan fingerprint density at radius 1 is 0.569 bits per heavy atom. The lowest BCUT2D eigenvalue weighted by molar-refractivity contribution is -0.361. The summed E-state index contributed by atoms with van der Waals surface area (Å²) in [6.45, 7) is -0.659. The summed E-state index contributed by atoms with van der Waals surface area (Å²) in [6.07, 6.45) is -28.0. The highest BCUT2D eigenvalue weighted by atomic mass is 32.3. The van der Waals surface area contributed by atoms with E-state index < -0.39 is 177 Å². The van der Waals surface area contributed by atoms with Crippen LogP contribution >= 0.6 is 0 Å². The van der Waals surface area contributed by atoms with E-state index in [0.29, 0.717) is 0 Å². The fraction of sp³-hybridized carbons (Fsp3) is 0.900. The van der Waals surface area contributed by atoms with E-state index in [1.807, 2.05) is 0 Å². The van der Waals surface area contributed by atoms with Crippen molar-refractivity contribution in [1.29, 1.82) is 0 Å². The monoisotopic (exact) mass is 868 g/mol. The highest BCUT2D eigenvalue weighted by Gasteiger charge is 2.56. The first-order valence-corrected chi connectivity index (χ1v) is 19.2. The van der Waals surface area contributed by atoms with Crippen LogP contribution in [0.4, 0.5) is 0 Å². The highest BCUT2D eigenvalue weighted by Crippen LogP contribution is 2.34. The van der Waals surface area contributed by atoms with Crippen LogP contribution in [0.1, 0.15) is 20.8 Å². The van der Waals surface area contributed by atoms with Crippen LogP contribution in [-0.4, -0.2) is 226 Å². The molecule has 4 rings (SSSR count). The van der Waals surface area contributed by atoms with Gasteiger partial charge in [0.25, 0.3) is 0 Å². The average Bonchev–Trinajstić information content (AvgIpc) is 3.14. The first-order valence-electron chi connectivity index (χ1n) is 17.8.